The molecule has 0 radical (unpaired) electrons. The summed E-state index contributed by atoms with van der Waals surface area (Å²) in [4.78, 5) is 18.5. The zero-order chi connectivity index (χ0) is 22.7. The van der Waals surface area contributed by atoms with Crippen LogP contribution in [0.25, 0.3) is 0 Å². The zero-order valence-corrected chi connectivity index (χ0v) is 18.5. The van der Waals surface area contributed by atoms with Gasteiger partial charge in [0.05, 0.1) is 5.02 Å². The van der Waals surface area contributed by atoms with E-state index in [1.807, 2.05) is 4.90 Å². The van der Waals surface area contributed by atoms with Gasteiger partial charge in [0.1, 0.15) is 16.5 Å². The molecule has 1 N–H and O–H groups in total. The van der Waals surface area contributed by atoms with Gasteiger partial charge in [-0.25, -0.2) is 17.8 Å². The van der Waals surface area contributed by atoms with E-state index >= 15 is 0 Å². The fraction of sp³-hybridized carbons (Fsp3) is 0.182. The summed E-state index contributed by atoms with van der Waals surface area (Å²) < 4.78 is 41.0. The van der Waals surface area contributed by atoms with Gasteiger partial charge in [0.15, 0.2) is 0 Å². The standard InChI is InChI=1S/C22H20ClFN4O3S/c23-19-9-4-16(22(29)26-21-3-1-2-10-25-21)15-20(19)32(30,31)28-13-11-27(12-14-28)18-7-5-17(24)6-8-18/h1-10,15H,11-14H2,(H,25,26,29). The average molecular weight is 475 g/mol. The first kappa shape index (κ1) is 22.2. The van der Waals surface area contributed by atoms with Crippen LogP contribution < -0.4 is 10.2 Å². The Morgan fingerprint density at radius 3 is 2.38 bits per heavy atom. The molecular weight excluding hydrogens is 455 g/mol. The lowest BCUT2D eigenvalue weighted by molar-refractivity contribution is 0.102. The van der Waals surface area contributed by atoms with E-state index in [0.29, 0.717) is 18.9 Å². The summed E-state index contributed by atoms with van der Waals surface area (Å²) in [5.41, 5.74) is 0.984. The quantitative estimate of drug-likeness (QED) is 0.610. The van der Waals surface area contributed by atoms with E-state index in [1.165, 1.54) is 34.6 Å². The molecule has 0 saturated carbocycles. The van der Waals surface area contributed by atoms with Crippen LogP contribution in [-0.4, -0.2) is 49.8 Å². The Labute approximate surface area is 190 Å². The number of nitrogens with one attached hydrogen (secondary N) is 1. The second kappa shape index (κ2) is 9.23. The number of pyridine rings is 1. The molecule has 0 spiro atoms. The van der Waals surface area contributed by atoms with Crippen molar-refractivity contribution in [3.05, 3.63) is 83.3 Å². The predicted octanol–water partition coefficient (Wildman–Crippen LogP) is 3.64. The molecule has 166 valence electrons. The Morgan fingerprint density at radius 2 is 1.72 bits per heavy atom. The normalized spacial score (nSPS) is 14.9. The molecule has 10 heteroatoms. The van der Waals surface area contributed by atoms with E-state index in [-0.39, 0.29) is 34.4 Å². The van der Waals surface area contributed by atoms with Crippen LogP contribution in [0.4, 0.5) is 15.9 Å². The number of amides is 1. The fourth-order valence-corrected chi connectivity index (χ4v) is 5.37. The molecule has 4 rings (SSSR count). The summed E-state index contributed by atoms with van der Waals surface area (Å²) in [6, 6.07) is 15.3. The first-order valence-electron chi connectivity index (χ1n) is 9.87. The van der Waals surface area contributed by atoms with Gasteiger partial charge in [0, 0.05) is 43.6 Å². The van der Waals surface area contributed by atoms with Gasteiger partial charge >= 0.3 is 0 Å². The van der Waals surface area contributed by atoms with Crippen molar-refractivity contribution >= 4 is 39.0 Å². The number of carbonyl (C=O) groups is 1. The molecule has 0 bridgehead atoms. The van der Waals surface area contributed by atoms with Gasteiger partial charge in [-0.15, -0.1) is 0 Å². The van der Waals surface area contributed by atoms with Gasteiger partial charge in [0.2, 0.25) is 10.0 Å². The number of anilines is 2. The molecule has 0 atom stereocenters. The third-order valence-electron chi connectivity index (χ3n) is 5.15. The molecule has 1 aliphatic heterocycles. The number of hydrogen-bond acceptors (Lipinski definition) is 5. The largest absolute Gasteiger partial charge is 0.369 e. The minimum atomic E-state index is -3.91. The van der Waals surface area contributed by atoms with Crippen molar-refractivity contribution < 1.29 is 17.6 Å². The van der Waals surface area contributed by atoms with Crippen molar-refractivity contribution in [2.24, 2.45) is 0 Å². The van der Waals surface area contributed by atoms with Crippen LogP contribution in [0.1, 0.15) is 10.4 Å². The number of piperazine rings is 1. The molecule has 32 heavy (non-hydrogen) atoms. The molecule has 1 aromatic heterocycles. The maximum Gasteiger partial charge on any atom is 0.256 e. The van der Waals surface area contributed by atoms with Crippen molar-refractivity contribution in [2.45, 2.75) is 4.90 Å². The van der Waals surface area contributed by atoms with E-state index in [1.54, 1.807) is 36.5 Å². The molecule has 1 fully saturated rings. The number of carbonyl (C=O) groups excluding carboxylic acids is 1. The summed E-state index contributed by atoms with van der Waals surface area (Å²) in [7, 11) is -3.91. The molecule has 7 nitrogen and oxygen atoms in total. The monoisotopic (exact) mass is 474 g/mol. The first-order chi connectivity index (χ1) is 15.3. The van der Waals surface area contributed by atoms with E-state index in [0.717, 1.165) is 5.69 Å². The van der Waals surface area contributed by atoms with Crippen molar-refractivity contribution in [1.29, 1.82) is 0 Å². The Balaban J connectivity index is 1.50. The lowest BCUT2D eigenvalue weighted by Crippen LogP contribution is -2.48. The first-order valence-corrected chi connectivity index (χ1v) is 11.7. The molecule has 0 unspecified atom stereocenters. The number of rotatable bonds is 5. The minimum absolute atomic E-state index is 0.0420. The van der Waals surface area contributed by atoms with Crippen molar-refractivity contribution in [3.8, 4) is 0 Å². The van der Waals surface area contributed by atoms with Gasteiger partial charge in [0.25, 0.3) is 5.91 Å². The molecule has 3 aromatic rings. The van der Waals surface area contributed by atoms with E-state index < -0.39 is 15.9 Å². The van der Waals surface area contributed by atoms with Crippen LogP contribution in [0.15, 0.2) is 71.8 Å². The number of aromatic nitrogens is 1. The molecule has 0 aliphatic carbocycles. The Hall–Kier alpha value is -3.01. The van der Waals surface area contributed by atoms with Gasteiger partial charge in [-0.05, 0) is 54.6 Å². The van der Waals surface area contributed by atoms with E-state index in [2.05, 4.69) is 10.3 Å². The van der Waals surface area contributed by atoms with Crippen LogP contribution in [0.2, 0.25) is 5.02 Å². The molecule has 2 aromatic carbocycles. The minimum Gasteiger partial charge on any atom is -0.369 e. The lowest BCUT2D eigenvalue weighted by atomic mass is 10.2. The molecular formula is C22H20ClFN4O3S. The van der Waals surface area contributed by atoms with Crippen LogP contribution in [0.3, 0.4) is 0 Å². The zero-order valence-electron chi connectivity index (χ0n) is 16.9. The summed E-state index contributed by atoms with van der Waals surface area (Å²) in [6.45, 7) is 1.37. The van der Waals surface area contributed by atoms with Gasteiger partial charge in [-0.2, -0.15) is 4.31 Å². The SMILES string of the molecule is O=C(Nc1ccccn1)c1ccc(Cl)c(S(=O)(=O)N2CCN(c3ccc(F)cc3)CC2)c1. The van der Waals surface area contributed by atoms with Gasteiger partial charge < -0.3 is 10.2 Å². The second-order valence-corrected chi connectivity index (χ2v) is 9.50. The average Bonchev–Trinajstić information content (AvgIpc) is 2.80. The lowest BCUT2D eigenvalue weighted by Gasteiger charge is -2.35. The highest BCUT2D eigenvalue weighted by Crippen LogP contribution is 2.28. The molecule has 1 amide bonds. The summed E-state index contributed by atoms with van der Waals surface area (Å²) in [5.74, 6) is -0.455. The van der Waals surface area contributed by atoms with Crippen molar-refractivity contribution in [1.82, 2.24) is 9.29 Å². The number of halogens is 2. The Kier molecular flexibility index (Phi) is 6.40. The molecule has 2 heterocycles. The second-order valence-electron chi connectivity index (χ2n) is 7.18. The van der Waals surface area contributed by atoms with Gasteiger partial charge in [-0.1, -0.05) is 17.7 Å². The van der Waals surface area contributed by atoms with Gasteiger partial charge in [-0.3, -0.25) is 4.79 Å². The number of hydrogen-bond donors (Lipinski definition) is 1. The highest BCUT2D eigenvalue weighted by molar-refractivity contribution is 7.89. The topological polar surface area (TPSA) is 82.6 Å². The number of nitrogens with zero attached hydrogens (tertiary/aromatic N) is 3. The third kappa shape index (κ3) is 4.74. The number of benzene rings is 2. The summed E-state index contributed by atoms with van der Waals surface area (Å²) in [5, 5.41) is 2.67. The summed E-state index contributed by atoms with van der Waals surface area (Å²) in [6.07, 6.45) is 1.54. The molecule has 1 saturated heterocycles. The van der Waals surface area contributed by atoms with Crippen LogP contribution in [0, 0.1) is 5.82 Å². The van der Waals surface area contributed by atoms with Crippen molar-refractivity contribution in [2.75, 3.05) is 36.4 Å². The van der Waals surface area contributed by atoms with E-state index in [9.17, 15) is 17.6 Å². The van der Waals surface area contributed by atoms with Crippen LogP contribution in [0.5, 0.6) is 0 Å². The fourth-order valence-electron chi connectivity index (χ4n) is 3.45. The maximum absolute atomic E-state index is 13.3. The smallest absolute Gasteiger partial charge is 0.256 e. The predicted molar refractivity (Wildman–Crippen MR) is 121 cm³/mol. The highest BCUT2D eigenvalue weighted by atomic mass is 35.5. The Morgan fingerprint density at radius 1 is 1.00 bits per heavy atom. The number of sulfonamides is 1. The summed E-state index contributed by atoms with van der Waals surface area (Å²) >= 11 is 6.21. The van der Waals surface area contributed by atoms with Crippen LogP contribution in [-0.2, 0) is 10.0 Å². The highest BCUT2D eigenvalue weighted by Gasteiger charge is 2.31. The van der Waals surface area contributed by atoms with E-state index in [4.69, 9.17) is 11.6 Å². The van der Waals surface area contributed by atoms with Crippen molar-refractivity contribution in [3.63, 3.8) is 0 Å². The van der Waals surface area contributed by atoms with Crippen LogP contribution >= 0.6 is 11.6 Å². The third-order valence-corrected chi connectivity index (χ3v) is 7.53. The maximum atomic E-state index is 13.3. The Bertz CT molecular complexity index is 1220. The molecule has 1 aliphatic rings.